The van der Waals surface area contributed by atoms with E-state index >= 15 is 0 Å². The maximum atomic E-state index is 5.70. The van der Waals surface area contributed by atoms with Crippen LogP contribution in [0.15, 0.2) is 15.2 Å². The largest absolute Gasteiger partial charge is 0.309 e. The third-order valence-corrected chi connectivity index (χ3v) is 1.72. The minimum atomic E-state index is -0.294. The number of hydrazine groups is 1. The van der Waals surface area contributed by atoms with Gasteiger partial charge in [0.05, 0.1) is 5.92 Å². The van der Waals surface area contributed by atoms with Crippen LogP contribution in [0.1, 0.15) is 0 Å². The van der Waals surface area contributed by atoms with E-state index < -0.39 is 0 Å². The van der Waals surface area contributed by atoms with Crippen molar-refractivity contribution in [2.24, 2.45) is 32.7 Å². The smallest absolute Gasteiger partial charge is 0.164 e. The van der Waals surface area contributed by atoms with E-state index in [9.17, 15) is 0 Å². The van der Waals surface area contributed by atoms with Crippen LogP contribution in [-0.2, 0) is 0 Å². The van der Waals surface area contributed by atoms with Crippen LogP contribution >= 0.6 is 0 Å². The Balaban J connectivity index is 2.33. The van der Waals surface area contributed by atoms with Gasteiger partial charge >= 0.3 is 0 Å². The van der Waals surface area contributed by atoms with E-state index in [4.69, 9.17) is 11.6 Å². The van der Waals surface area contributed by atoms with E-state index in [-0.39, 0.29) is 12.1 Å². The molecule has 0 spiro atoms. The van der Waals surface area contributed by atoms with Crippen LogP contribution in [0, 0.1) is 5.92 Å². The molecule has 58 valence electrons. The fourth-order valence-corrected chi connectivity index (χ4v) is 1.04. The Hall–Kier alpha value is -1.27. The standard InChI is InChI=1S/C5H8N6/c6-4-3-1-9-10-5(3)8-2-11(4)7/h1-4H,6-7H2. The van der Waals surface area contributed by atoms with Crippen LogP contribution in [0.3, 0.4) is 0 Å². The van der Waals surface area contributed by atoms with Crippen molar-refractivity contribution in [3.8, 4) is 0 Å². The molecule has 0 bridgehead atoms. The van der Waals surface area contributed by atoms with Gasteiger partial charge in [0.25, 0.3) is 0 Å². The molecule has 6 heteroatoms. The van der Waals surface area contributed by atoms with Gasteiger partial charge in [-0.1, -0.05) is 0 Å². The highest BCUT2D eigenvalue weighted by Gasteiger charge is 2.30. The molecular formula is C5H8N6. The number of nitrogens with two attached hydrogens (primary N) is 2. The molecule has 2 aliphatic heterocycles. The average Bonchev–Trinajstić information content (AvgIpc) is 2.45. The number of nitrogens with zero attached hydrogens (tertiary/aromatic N) is 4. The normalized spacial score (nSPS) is 34.0. The lowest BCUT2D eigenvalue weighted by atomic mass is 10.1. The molecule has 2 rings (SSSR count). The molecule has 0 aromatic carbocycles. The van der Waals surface area contributed by atoms with Crippen LogP contribution in [0.25, 0.3) is 0 Å². The zero-order valence-corrected chi connectivity index (χ0v) is 5.75. The Morgan fingerprint density at radius 1 is 1.55 bits per heavy atom. The fraction of sp³-hybridized carbons (Fsp3) is 0.400. The molecule has 4 N–H and O–H groups in total. The summed E-state index contributed by atoms with van der Waals surface area (Å²) < 4.78 is 0. The van der Waals surface area contributed by atoms with Gasteiger partial charge in [0.1, 0.15) is 12.5 Å². The SMILES string of the molecule is NC1C2C=NN=C2N=CN1N. The second-order valence-corrected chi connectivity index (χ2v) is 2.43. The topological polar surface area (TPSA) is 92.4 Å². The summed E-state index contributed by atoms with van der Waals surface area (Å²) in [6.07, 6.45) is 2.81. The molecule has 0 radical (unpaired) electrons. The first kappa shape index (κ1) is 6.44. The number of hydrogen-bond donors (Lipinski definition) is 2. The molecule has 0 aliphatic carbocycles. The van der Waals surface area contributed by atoms with Crippen molar-refractivity contribution in [2.45, 2.75) is 6.17 Å². The summed E-state index contributed by atoms with van der Waals surface area (Å²) in [5.41, 5.74) is 5.70. The Kier molecular flexibility index (Phi) is 1.23. The van der Waals surface area contributed by atoms with Gasteiger partial charge < -0.3 is 5.73 Å². The summed E-state index contributed by atoms with van der Waals surface area (Å²) in [5, 5.41) is 8.82. The van der Waals surface area contributed by atoms with Gasteiger partial charge in [-0.15, -0.1) is 5.10 Å². The molecule has 0 saturated carbocycles. The molecule has 2 unspecified atom stereocenters. The van der Waals surface area contributed by atoms with Crippen LogP contribution in [0.5, 0.6) is 0 Å². The van der Waals surface area contributed by atoms with Crippen molar-refractivity contribution < 1.29 is 0 Å². The second-order valence-electron chi connectivity index (χ2n) is 2.43. The average molecular weight is 152 g/mol. The third kappa shape index (κ3) is 0.837. The second kappa shape index (κ2) is 2.11. The molecule has 0 amide bonds. The monoisotopic (exact) mass is 152 g/mol. The minimum Gasteiger partial charge on any atom is -0.309 e. The first-order valence-electron chi connectivity index (χ1n) is 3.23. The molecule has 0 aromatic rings. The van der Waals surface area contributed by atoms with Gasteiger partial charge in [-0.2, -0.15) is 5.10 Å². The molecule has 0 saturated heterocycles. The molecule has 6 nitrogen and oxygen atoms in total. The summed E-state index contributed by atoms with van der Waals surface area (Å²) in [6.45, 7) is 0. The molecule has 2 aliphatic rings. The predicted octanol–water partition coefficient (Wildman–Crippen LogP) is -1.50. The first-order valence-corrected chi connectivity index (χ1v) is 3.23. The van der Waals surface area contributed by atoms with Crippen molar-refractivity contribution in [3.63, 3.8) is 0 Å². The number of hydrogen-bond acceptors (Lipinski definition) is 6. The molecule has 0 fully saturated rings. The number of amidine groups is 1. The van der Waals surface area contributed by atoms with Crippen molar-refractivity contribution in [2.75, 3.05) is 0 Å². The maximum absolute atomic E-state index is 5.70. The van der Waals surface area contributed by atoms with E-state index in [2.05, 4.69) is 15.2 Å². The molecule has 2 heterocycles. The summed E-state index contributed by atoms with van der Waals surface area (Å²) in [4.78, 5) is 3.94. The van der Waals surface area contributed by atoms with Gasteiger partial charge in [0, 0.05) is 6.21 Å². The van der Waals surface area contributed by atoms with Crippen molar-refractivity contribution in [3.05, 3.63) is 0 Å². The quantitative estimate of drug-likeness (QED) is 0.414. The summed E-state index contributed by atoms with van der Waals surface area (Å²) in [5.74, 6) is 6.06. The van der Waals surface area contributed by atoms with Crippen LogP contribution in [-0.4, -0.2) is 29.6 Å². The number of fused-ring (bicyclic) bond motifs is 1. The Bertz CT molecular complexity index is 254. The lowest BCUT2D eigenvalue weighted by Gasteiger charge is -2.28. The summed E-state index contributed by atoms with van der Waals surface area (Å²) >= 11 is 0. The van der Waals surface area contributed by atoms with Gasteiger partial charge in [0.2, 0.25) is 0 Å². The third-order valence-electron chi connectivity index (χ3n) is 1.72. The molecule has 0 aromatic heterocycles. The van der Waals surface area contributed by atoms with Crippen LogP contribution in [0.4, 0.5) is 0 Å². The minimum absolute atomic E-state index is 0.0509. The van der Waals surface area contributed by atoms with Crippen molar-refractivity contribution >= 4 is 18.4 Å². The highest BCUT2D eigenvalue weighted by atomic mass is 15.5. The van der Waals surface area contributed by atoms with Gasteiger partial charge in [0.15, 0.2) is 5.84 Å². The molecule has 2 atom stereocenters. The van der Waals surface area contributed by atoms with Crippen LogP contribution < -0.4 is 11.6 Å². The highest BCUT2D eigenvalue weighted by molar-refractivity contribution is 6.05. The molecular weight excluding hydrogens is 144 g/mol. The predicted molar refractivity (Wildman–Crippen MR) is 41.9 cm³/mol. The maximum Gasteiger partial charge on any atom is 0.164 e. The van der Waals surface area contributed by atoms with E-state index in [1.807, 2.05) is 0 Å². The zero-order chi connectivity index (χ0) is 7.84. The van der Waals surface area contributed by atoms with Crippen molar-refractivity contribution in [1.29, 1.82) is 0 Å². The Labute approximate surface area is 63.3 Å². The van der Waals surface area contributed by atoms with Gasteiger partial charge in [-0.25, -0.2) is 10.8 Å². The number of aliphatic imine (C=N–C) groups is 1. The lowest BCUT2D eigenvalue weighted by molar-refractivity contribution is 0.314. The Morgan fingerprint density at radius 3 is 3.18 bits per heavy atom. The summed E-state index contributed by atoms with van der Waals surface area (Å²) in [7, 11) is 0. The first-order chi connectivity index (χ1) is 5.29. The van der Waals surface area contributed by atoms with Gasteiger partial charge in [-0.3, -0.25) is 5.01 Å². The lowest BCUT2D eigenvalue weighted by Crippen LogP contribution is -2.54. The number of rotatable bonds is 0. The van der Waals surface area contributed by atoms with Gasteiger partial charge in [-0.05, 0) is 0 Å². The van der Waals surface area contributed by atoms with Crippen molar-refractivity contribution in [1.82, 2.24) is 5.01 Å². The van der Waals surface area contributed by atoms with E-state index in [0.717, 1.165) is 0 Å². The Morgan fingerprint density at radius 2 is 2.36 bits per heavy atom. The summed E-state index contributed by atoms with van der Waals surface area (Å²) in [6, 6.07) is 0. The molecule has 11 heavy (non-hydrogen) atoms. The zero-order valence-electron chi connectivity index (χ0n) is 5.75. The fourth-order valence-electron chi connectivity index (χ4n) is 1.04. The van der Waals surface area contributed by atoms with E-state index in [0.29, 0.717) is 5.84 Å². The highest BCUT2D eigenvalue weighted by Crippen LogP contribution is 2.13. The van der Waals surface area contributed by atoms with Crippen LogP contribution in [0.2, 0.25) is 0 Å². The van der Waals surface area contributed by atoms with E-state index in [1.165, 1.54) is 11.3 Å². The van der Waals surface area contributed by atoms with E-state index in [1.54, 1.807) is 6.21 Å².